The van der Waals surface area contributed by atoms with Crippen LogP contribution in [0.5, 0.6) is 6.01 Å². The van der Waals surface area contributed by atoms with Crippen LogP contribution in [0, 0.1) is 0 Å². The summed E-state index contributed by atoms with van der Waals surface area (Å²) in [6.07, 6.45) is 0. The first kappa shape index (κ1) is 15.1. The Labute approximate surface area is 113 Å². The van der Waals surface area contributed by atoms with Gasteiger partial charge in [0, 0.05) is 26.6 Å². The average molecular weight is 267 g/mol. The number of aromatic nitrogens is 3. The highest BCUT2D eigenvalue weighted by molar-refractivity contribution is 5.89. The molecule has 106 valence electrons. The zero-order chi connectivity index (χ0) is 14.4. The highest BCUT2D eigenvalue weighted by Crippen LogP contribution is 2.17. The summed E-state index contributed by atoms with van der Waals surface area (Å²) in [5, 5.41) is 0. The summed E-state index contributed by atoms with van der Waals surface area (Å²) in [5.74, 6) is 0.733. The SMILES string of the molecule is CCN(CC)c1nc(OC)nc(N(CC)C(C)=O)n1. The summed E-state index contributed by atoms with van der Waals surface area (Å²) >= 11 is 0. The van der Waals surface area contributed by atoms with Gasteiger partial charge in [0.05, 0.1) is 7.11 Å². The summed E-state index contributed by atoms with van der Waals surface area (Å²) in [6.45, 7) is 9.43. The minimum Gasteiger partial charge on any atom is -0.467 e. The third-order valence-corrected chi connectivity index (χ3v) is 2.76. The number of hydrogen-bond acceptors (Lipinski definition) is 6. The molecule has 0 N–H and O–H groups in total. The quantitative estimate of drug-likeness (QED) is 0.768. The fourth-order valence-electron chi connectivity index (χ4n) is 1.70. The van der Waals surface area contributed by atoms with Crippen LogP contribution in [0.2, 0.25) is 0 Å². The van der Waals surface area contributed by atoms with Gasteiger partial charge in [-0.3, -0.25) is 9.69 Å². The minimum atomic E-state index is -0.110. The number of rotatable bonds is 6. The highest BCUT2D eigenvalue weighted by Gasteiger charge is 2.17. The van der Waals surface area contributed by atoms with E-state index in [1.54, 1.807) is 0 Å². The minimum absolute atomic E-state index is 0.110. The second-order valence-corrected chi connectivity index (χ2v) is 3.86. The largest absolute Gasteiger partial charge is 0.467 e. The molecule has 0 aliphatic rings. The maximum absolute atomic E-state index is 11.6. The van der Waals surface area contributed by atoms with Crippen molar-refractivity contribution in [3.05, 3.63) is 0 Å². The summed E-state index contributed by atoms with van der Waals surface area (Å²) in [6, 6.07) is 0.214. The van der Waals surface area contributed by atoms with E-state index < -0.39 is 0 Å². The first-order valence-electron chi connectivity index (χ1n) is 6.40. The summed E-state index contributed by atoms with van der Waals surface area (Å²) in [7, 11) is 1.50. The smallest absolute Gasteiger partial charge is 0.322 e. The van der Waals surface area contributed by atoms with Crippen LogP contribution in [-0.4, -0.2) is 47.6 Å². The molecule has 1 aromatic rings. The topological polar surface area (TPSA) is 71.5 Å². The average Bonchev–Trinajstić information content (AvgIpc) is 2.40. The van der Waals surface area contributed by atoms with Crippen LogP contribution in [0.15, 0.2) is 0 Å². The lowest BCUT2D eigenvalue weighted by Gasteiger charge is -2.22. The molecule has 0 aliphatic heterocycles. The number of amides is 1. The molecular weight excluding hydrogens is 246 g/mol. The van der Waals surface area contributed by atoms with E-state index in [0.29, 0.717) is 18.4 Å². The molecular formula is C12H21N5O2. The van der Waals surface area contributed by atoms with Gasteiger partial charge in [-0.2, -0.15) is 15.0 Å². The van der Waals surface area contributed by atoms with Crippen LogP contribution in [0.25, 0.3) is 0 Å². The predicted molar refractivity (Wildman–Crippen MR) is 73.6 cm³/mol. The van der Waals surface area contributed by atoms with Gasteiger partial charge >= 0.3 is 6.01 Å². The molecule has 0 saturated heterocycles. The molecule has 0 atom stereocenters. The van der Waals surface area contributed by atoms with Crippen LogP contribution in [0.1, 0.15) is 27.7 Å². The van der Waals surface area contributed by atoms with Gasteiger partial charge in [0.15, 0.2) is 0 Å². The van der Waals surface area contributed by atoms with Crippen LogP contribution in [0.4, 0.5) is 11.9 Å². The van der Waals surface area contributed by atoms with Gasteiger partial charge in [0.25, 0.3) is 0 Å². The summed E-state index contributed by atoms with van der Waals surface area (Å²) in [4.78, 5) is 27.7. The molecule has 1 aromatic heterocycles. The Hall–Kier alpha value is -1.92. The lowest BCUT2D eigenvalue weighted by atomic mass is 10.5. The standard InChI is InChI=1S/C12H21N5O2/c1-6-16(7-2)10-13-11(15-12(14-10)19-5)17(8-3)9(4)18/h6-8H2,1-5H3. The van der Waals surface area contributed by atoms with Crippen molar-refractivity contribution in [1.82, 2.24) is 15.0 Å². The molecule has 0 bridgehead atoms. The third-order valence-electron chi connectivity index (χ3n) is 2.76. The Morgan fingerprint density at radius 2 is 1.63 bits per heavy atom. The number of carbonyl (C=O) groups excluding carboxylic acids is 1. The van der Waals surface area contributed by atoms with E-state index >= 15 is 0 Å². The van der Waals surface area contributed by atoms with Crippen LogP contribution >= 0.6 is 0 Å². The fraction of sp³-hybridized carbons (Fsp3) is 0.667. The molecule has 0 radical (unpaired) electrons. The van der Waals surface area contributed by atoms with Crippen molar-refractivity contribution in [2.45, 2.75) is 27.7 Å². The summed E-state index contributed by atoms with van der Waals surface area (Å²) in [5.41, 5.74) is 0. The van der Waals surface area contributed by atoms with E-state index in [1.165, 1.54) is 18.9 Å². The van der Waals surface area contributed by atoms with Crippen molar-refractivity contribution in [3.63, 3.8) is 0 Å². The van der Waals surface area contributed by atoms with E-state index in [0.717, 1.165) is 13.1 Å². The molecule has 0 aliphatic carbocycles. The molecule has 0 unspecified atom stereocenters. The number of methoxy groups -OCH3 is 1. The Balaban J connectivity index is 3.24. The zero-order valence-electron chi connectivity index (χ0n) is 12.2. The normalized spacial score (nSPS) is 10.2. The van der Waals surface area contributed by atoms with Crippen molar-refractivity contribution in [1.29, 1.82) is 0 Å². The van der Waals surface area contributed by atoms with Gasteiger partial charge in [-0.05, 0) is 20.8 Å². The summed E-state index contributed by atoms with van der Waals surface area (Å²) < 4.78 is 5.08. The van der Waals surface area contributed by atoms with Gasteiger partial charge < -0.3 is 9.64 Å². The first-order chi connectivity index (χ1) is 9.07. The van der Waals surface area contributed by atoms with Crippen molar-refractivity contribution in [3.8, 4) is 6.01 Å². The first-order valence-corrected chi connectivity index (χ1v) is 6.40. The number of carbonyl (C=O) groups is 1. The molecule has 7 heteroatoms. The van der Waals surface area contributed by atoms with E-state index in [2.05, 4.69) is 15.0 Å². The predicted octanol–water partition coefficient (Wildman–Crippen LogP) is 1.10. The van der Waals surface area contributed by atoms with E-state index in [-0.39, 0.29) is 11.9 Å². The van der Waals surface area contributed by atoms with Crippen molar-refractivity contribution < 1.29 is 9.53 Å². The Kier molecular flexibility index (Phi) is 5.47. The lowest BCUT2D eigenvalue weighted by molar-refractivity contribution is -0.116. The molecule has 1 amide bonds. The number of ether oxygens (including phenoxy) is 1. The number of hydrogen-bond donors (Lipinski definition) is 0. The van der Waals surface area contributed by atoms with Crippen LogP contribution in [-0.2, 0) is 4.79 Å². The third kappa shape index (κ3) is 3.52. The molecule has 1 rings (SSSR count). The fourth-order valence-corrected chi connectivity index (χ4v) is 1.70. The van der Waals surface area contributed by atoms with Gasteiger partial charge in [-0.25, -0.2) is 0 Å². The van der Waals surface area contributed by atoms with Gasteiger partial charge in [-0.15, -0.1) is 0 Å². The van der Waals surface area contributed by atoms with Gasteiger partial charge in [0.1, 0.15) is 0 Å². The maximum atomic E-state index is 11.6. The Bertz CT molecular complexity index is 434. The molecule has 0 spiro atoms. The van der Waals surface area contributed by atoms with Crippen LogP contribution in [0.3, 0.4) is 0 Å². The van der Waals surface area contributed by atoms with E-state index in [4.69, 9.17) is 4.74 Å². The molecule has 19 heavy (non-hydrogen) atoms. The molecule has 0 fully saturated rings. The van der Waals surface area contributed by atoms with Gasteiger partial charge in [0.2, 0.25) is 17.8 Å². The monoisotopic (exact) mass is 267 g/mol. The Morgan fingerprint density at radius 1 is 1.05 bits per heavy atom. The van der Waals surface area contributed by atoms with E-state index in [1.807, 2.05) is 25.7 Å². The molecule has 1 heterocycles. The highest BCUT2D eigenvalue weighted by atomic mass is 16.5. The van der Waals surface area contributed by atoms with Crippen molar-refractivity contribution >= 4 is 17.8 Å². The number of nitrogens with zero attached hydrogens (tertiary/aromatic N) is 5. The lowest BCUT2D eigenvalue weighted by Crippen LogP contribution is -2.31. The van der Waals surface area contributed by atoms with E-state index in [9.17, 15) is 4.79 Å². The van der Waals surface area contributed by atoms with Crippen LogP contribution < -0.4 is 14.5 Å². The number of anilines is 2. The molecule has 7 nitrogen and oxygen atoms in total. The Morgan fingerprint density at radius 3 is 2.05 bits per heavy atom. The van der Waals surface area contributed by atoms with Crippen molar-refractivity contribution in [2.24, 2.45) is 0 Å². The maximum Gasteiger partial charge on any atom is 0.322 e. The zero-order valence-corrected chi connectivity index (χ0v) is 12.2. The van der Waals surface area contributed by atoms with Gasteiger partial charge in [-0.1, -0.05) is 0 Å². The molecule has 0 aromatic carbocycles. The second-order valence-electron chi connectivity index (χ2n) is 3.86. The molecule has 0 saturated carbocycles. The second kappa shape index (κ2) is 6.86. The van der Waals surface area contributed by atoms with Crippen molar-refractivity contribution in [2.75, 3.05) is 36.5 Å².